The van der Waals surface area contributed by atoms with Crippen LogP contribution in [0.4, 0.5) is 0 Å². The Hall–Kier alpha value is -1.33. The van der Waals surface area contributed by atoms with E-state index in [2.05, 4.69) is 4.84 Å². The molecule has 9 heavy (non-hydrogen) atoms. The third-order valence-electron chi connectivity index (χ3n) is 0.547. The summed E-state index contributed by atoms with van der Waals surface area (Å²) in [4.78, 5) is 23.0. The fourth-order valence-electron chi connectivity index (χ4n) is 0.255. The standard InChI is InChI=1S/C3H6N2O4/c1-3(4-2-6)9-5(7)8/h2-3H,1H3,(H,4,6). The highest BCUT2D eigenvalue weighted by Crippen LogP contribution is 1.81. The summed E-state index contributed by atoms with van der Waals surface area (Å²) in [5.41, 5.74) is 0. The highest BCUT2D eigenvalue weighted by Gasteiger charge is 2.02. The van der Waals surface area contributed by atoms with Crippen LogP contribution in [-0.2, 0) is 9.63 Å². The van der Waals surface area contributed by atoms with Crippen LogP contribution in [0.15, 0.2) is 0 Å². The molecule has 0 aromatic carbocycles. The number of hydrogen-bond donors (Lipinski definition) is 1. The van der Waals surface area contributed by atoms with Crippen molar-refractivity contribution in [2.24, 2.45) is 0 Å². The molecule has 1 N–H and O–H groups in total. The summed E-state index contributed by atoms with van der Waals surface area (Å²) in [5.74, 6) is 0. The van der Waals surface area contributed by atoms with Gasteiger partial charge in [-0.25, -0.2) is 0 Å². The SMILES string of the molecule is CC(NC=O)O[N+](=O)[O-]. The highest BCUT2D eigenvalue weighted by molar-refractivity contribution is 5.45. The maximum atomic E-state index is 9.58. The molecule has 0 fully saturated rings. The lowest BCUT2D eigenvalue weighted by atomic mass is 10.7. The van der Waals surface area contributed by atoms with Gasteiger partial charge in [-0.2, -0.15) is 0 Å². The van der Waals surface area contributed by atoms with Gasteiger partial charge in [-0.3, -0.25) is 9.63 Å². The van der Waals surface area contributed by atoms with Crippen LogP contribution in [0.1, 0.15) is 6.92 Å². The molecule has 0 radical (unpaired) electrons. The molecular formula is C3H6N2O4. The van der Waals surface area contributed by atoms with Gasteiger partial charge < -0.3 is 5.32 Å². The van der Waals surface area contributed by atoms with Gasteiger partial charge in [0.1, 0.15) is 0 Å². The molecule has 6 heteroatoms. The topological polar surface area (TPSA) is 81.5 Å². The molecule has 1 amide bonds. The van der Waals surface area contributed by atoms with Crippen LogP contribution < -0.4 is 5.32 Å². The Balaban J connectivity index is 3.37. The Bertz CT molecular complexity index is 114. The number of nitrogens with one attached hydrogen (secondary N) is 1. The number of hydrogen-bond acceptors (Lipinski definition) is 4. The molecule has 0 heterocycles. The fourth-order valence-corrected chi connectivity index (χ4v) is 0.255. The van der Waals surface area contributed by atoms with Crippen molar-refractivity contribution in [1.82, 2.24) is 5.32 Å². The number of carbonyl (C=O) groups excluding carboxylic acids is 1. The quantitative estimate of drug-likeness (QED) is 0.238. The van der Waals surface area contributed by atoms with Crippen molar-refractivity contribution in [3.63, 3.8) is 0 Å². The first kappa shape index (κ1) is 7.67. The summed E-state index contributed by atoms with van der Waals surface area (Å²) >= 11 is 0. The van der Waals surface area contributed by atoms with Crippen LogP contribution >= 0.6 is 0 Å². The molecule has 0 aliphatic rings. The van der Waals surface area contributed by atoms with Crippen molar-refractivity contribution in [1.29, 1.82) is 0 Å². The van der Waals surface area contributed by atoms with Crippen molar-refractivity contribution >= 4 is 6.41 Å². The van der Waals surface area contributed by atoms with Crippen molar-refractivity contribution in [2.75, 3.05) is 0 Å². The number of nitrogens with zero attached hydrogens (tertiary/aromatic N) is 1. The minimum atomic E-state index is -0.971. The van der Waals surface area contributed by atoms with Crippen molar-refractivity contribution in [2.45, 2.75) is 13.2 Å². The molecule has 1 unspecified atom stereocenters. The van der Waals surface area contributed by atoms with Gasteiger partial charge in [-0.05, 0) is 6.92 Å². The maximum Gasteiger partial charge on any atom is 0.296 e. The normalized spacial score (nSPS) is 11.7. The van der Waals surface area contributed by atoms with E-state index in [-0.39, 0.29) is 0 Å². The highest BCUT2D eigenvalue weighted by atomic mass is 17.0. The van der Waals surface area contributed by atoms with Gasteiger partial charge in [0.05, 0.1) is 0 Å². The summed E-state index contributed by atoms with van der Waals surface area (Å²) in [6.45, 7) is 1.34. The average molecular weight is 134 g/mol. The molecule has 0 aromatic rings. The minimum Gasteiger partial charge on any atom is -0.334 e. The third kappa shape index (κ3) is 4.52. The average Bonchev–Trinajstić information content (AvgIpc) is 1.63. The van der Waals surface area contributed by atoms with Gasteiger partial charge in [0, 0.05) is 0 Å². The van der Waals surface area contributed by atoms with Crippen molar-refractivity contribution in [3.05, 3.63) is 10.1 Å². The van der Waals surface area contributed by atoms with Gasteiger partial charge in [0.25, 0.3) is 5.09 Å². The molecule has 0 aliphatic carbocycles. The Morgan fingerprint density at radius 3 is 2.78 bits per heavy atom. The predicted octanol–water partition coefficient (Wildman–Crippen LogP) is -0.713. The van der Waals surface area contributed by atoms with Crippen LogP contribution in [0, 0.1) is 10.1 Å². The van der Waals surface area contributed by atoms with E-state index in [4.69, 9.17) is 0 Å². The van der Waals surface area contributed by atoms with E-state index in [1.54, 1.807) is 0 Å². The second-order valence-corrected chi connectivity index (χ2v) is 1.26. The summed E-state index contributed by atoms with van der Waals surface area (Å²) in [7, 11) is 0. The van der Waals surface area contributed by atoms with Gasteiger partial charge >= 0.3 is 0 Å². The molecule has 0 aromatic heterocycles. The lowest BCUT2D eigenvalue weighted by Gasteiger charge is -2.04. The monoisotopic (exact) mass is 134 g/mol. The second-order valence-electron chi connectivity index (χ2n) is 1.26. The first-order valence-electron chi connectivity index (χ1n) is 2.17. The van der Waals surface area contributed by atoms with Crippen molar-refractivity contribution < 1.29 is 14.7 Å². The van der Waals surface area contributed by atoms with E-state index in [1.807, 2.05) is 5.32 Å². The second kappa shape index (κ2) is 3.65. The molecule has 6 nitrogen and oxygen atoms in total. The Morgan fingerprint density at radius 1 is 1.89 bits per heavy atom. The van der Waals surface area contributed by atoms with Gasteiger partial charge in [-0.1, -0.05) is 0 Å². The van der Waals surface area contributed by atoms with Crippen LogP contribution in [0.2, 0.25) is 0 Å². The zero-order chi connectivity index (χ0) is 7.28. The summed E-state index contributed by atoms with van der Waals surface area (Å²) < 4.78 is 0. The van der Waals surface area contributed by atoms with Crippen LogP contribution in [0.5, 0.6) is 0 Å². The summed E-state index contributed by atoms with van der Waals surface area (Å²) in [6.07, 6.45) is -0.550. The molecule has 0 aliphatic heterocycles. The molecule has 0 spiro atoms. The molecule has 0 rings (SSSR count). The number of amides is 1. The van der Waals surface area contributed by atoms with E-state index < -0.39 is 11.3 Å². The molecule has 0 saturated carbocycles. The Labute approximate surface area is 50.9 Å². The lowest BCUT2D eigenvalue weighted by molar-refractivity contribution is -0.768. The summed E-state index contributed by atoms with van der Waals surface area (Å²) in [6, 6.07) is 0. The zero-order valence-electron chi connectivity index (χ0n) is 4.73. The molecule has 0 saturated heterocycles. The van der Waals surface area contributed by atoms with E-state index in [9.17, 15) is 14.9 Å². The van der Waals surface area contributed by atoms with E-state index in [0.717, 1.165) is 0 Å². The smallest absolute Gasteiger partial charge is 0.296 e. The van der Waals surface area contributed by atoms with Crippen molar-refractivity contribution in [3.8, 4) is 0 Å². The number of carbonyl (C=O) groups is 1. The number of rotatable bonds is 4. The largest absolute Gasteiger partial charge is 0.334 e. The Kier molecular flexibility index (Phi) is 3.11. The molecule has 52 valence electrons. The molecular weight excluding hydrogens is 128 g/mol. The summed E-state index contributed by atoms with van der Waals surface area (Å²) in [5, 5.41) is 10.6. The Morgan fingerprint density at radius 2 is 2.44 bits per heavy atom. The predicted molar refractivity (Wildman–Crippen MR) is 26.7 cm³/mol. The van der Waals surface area contributed by atoms with Gasteiger partial charge in [-0.15, -0.1) is 10.1 Å². The van der Waals surface area contributed by atoms with Crippen LogP contribution in [-0.4, -0.2) is 17.7 Å². The van der Waals surface area contributed by atoms with Crippen LogP contribution in [0.25, 0.3) is 0 Å². The molecule has 1 atom stereocenters. The maximum absolute atomic E-state index is 9.58. The van der Waals surface area contributed by atoms with Crippen LogP contribution in [0.3, 0.4) is 0 Å². The molecule has 0 bridgehead atoms. The van der Waals surface area contributed by atoms with E-state index >= 15 is 0 Å². The van der Waals surface area contributed by atoms with E-state index in [1.165, 1.54) is 6.92 Å². The van der Waals surface area contributed by atoms with E-state index in [0.29, 0.717) is 6.41 Å². The van der Waals surface area contributed by atoms with Gasteiger partial charge in [0.15, 0.2) is 6.23 Å². The lowest BCUT2D eigenvalue weighted by Crippen LogP contribution is -2.29. The van der Waals surface area contributed by atoms with Gasteiger partial charge in [0.2, 0.25) is 6.41 Å². The zero-order valence-corrected chi connectivity index (χ0v) is 4.73. The first-order chi connectivity index (χ1) is 4.16. The first-order valence-corrected chi connectivity index (χ1v) is 2.17. The third-order valence-corrected chi connectivity index (χ3v) is 0.547. The fraction of sp³-hybridized carbons (Fsp3) is 0.667. The minimum absolute atomic E-state index is 0.328.